The maximum Gasteiger partial charge on any atom is 0.253 e. The molecule has 4 rings (SSSR count). The SMILES string of the molecule is CC(C)(C)c1cc(=O)n(CC2CCN(c3ccnc4ccccc34)CC2)cn1. The van der Waals surface area contributed by atoms with Crippen LogP contribution in [-0.2, 0) is 12.0 Å². The molecule has 1 aliphatic rings. The van der Waals surface area contributed by atoms with Crippen LogP contribution in [0.2, 0.25) is 0 Å². The first kappa shape index (κ1) is 18.7. The van der Waals surface area contributed by atoms with Gasteiger partial charge in [0.15, 0.2) is 0 Å². The second-order valence-electron chi connectivity index (χ2n) is 8.79. The highest BCUT2D eigenvalue weighted by atomic mass is 16.1. The first-order valence-corrected chi connectivity index (χ1v) is 10.1. The Kier molecular flexibility index (Phi) is 4.92. The van der Waals surface area contributed by atoms with Gasteiger partial charge in [-0.05, 0) is 30.9 Å². The van der Waals surface area contributed by atoms with Crippen molar-refractivity contribution in [2.24, 2.45) is 5.92 Å². The lowest BCUT2D eigenvalue weighted by molar-refractivity contribution is 0.350. The van der Waals surface area contributed by atoms with Gasteiger partial charge in [-0.1, -0.05) is 39.0 Å². The molecule has 5 nitrogen and oxygen atoms in total. The number of benzene rings is 1. The second kappa shape index (κ2) is 7.38. The van der Waals surface area contributed by atoms with Crippen LogP contribution < -0.4 is 10.5 Å². The summed E-state index contributed by atoms with van der Waals surface area (Å²) in [5.74, 6) is 0.504. The summed E-state index contributed by atoms with van der Waals surface area (Å²) in [6.45, 7) is 9.00. The molecule has 3 aromatic rings. The largest absolute Gasteiger partial charge is 0.371 e. The first-order valence-electron chi connectivity index (χ1n) is 10.1. The van der Waals surface area contributed by atoms with E-state index in [0.29, 0.717) is 5.92 Å². The van der Waals surface area contributed by atoms with Crippen LogP contribution in [0.25, 0.3) is 10.9 Å². The van der Waals surface area contributed by atoms with Gasteiger partial charge in [-0.2, -0.15) is 0 Å². The van der Waals surface area contributed by atoms with Crippen molar-refractivity contribution in [2.45, 2.75) is 45.6 Å². The number of pyridine rings is 1. The molecule has 0 radical (unpaired) electrons. The Labute approximate surface area is 166 Å². The molecular formula is C23H28N4O. The van der Waals surface area contributed by atoms with Crippen LogP contribution in [0.3, 0.4) is 0 Å². The van der Waals surface area contributed by atoms with E-state index in [0.717, 1.165) is 43.7 Å². The molecule has 0 amide bonds. The summed E-state index contributed by atoms with van der Waals surface area (Å²) < 4.78 is 1.78. The molecule has 1 saturated heterocycles. The molecular weight excluding hydrogens is 348 g/mol. The summed E-state index contributed by atoms with van der Waals surface area (Å²) in [4.78, 5) is 23.9. The molecule has 0 aliphatic carbocycles. The molecule has 1 aromatic carbocycles. The molecule has 5 heteroatoms. The van der Waals surface area contributed by atoms with Gasteiger partial charge >= 0.3 is 0 Å². The van der Waals surface area contributed by atoms with Crippen LogP contribution in [0.1, 0.15) is 39.3 Å². The van der Waals surface area contributed by atoms with Gasteiger partial charge in [-0.3, -0.25) is 14.3 Å². The minimum atomic E-state index is -0.100. The van der Waals surface area contributed by atoms with Crippen molar-refractivity contribution in [1.29, 1.82) is 0 Å². The molecule has 146 valence electrons. The molecule has 0 spiro atoms. The van der Waals surface area contributed by atoms with E-state index >= 15 is 0 Å². The van der Waals surface area contributed by atoms with E-state index in [1.54, 1.807) is 17.0 Å². The summed E-state index contributed by atoms with van der Waals surface area (Å²) >= 11 is 0. The van der Waals surface area contributed by atoms with Crippen molar-refractivity contribution in [3.8, 4) is 0 Å². The Morgan fingerprint density at radius 2 is 1.82 bits per heavy atom. The molecule has 3 heterocycles. The summed E-state index contributed by atoms with van der Waals surface area (Å²) in [6.07, 6.45) is 5.77. The van der Waals surface area contributed by atoms with Gasteiger partial charge in [0.05, 0.1) is 17.5 Å². The van der Waals surface area contributed by atoms with Crippen LogP contribution in [0.4, 0.5) is 5.69 Å². The second-order valence-corrected chi connectivity index (χ2v) is 8.79. The van der Waals surface area contributed by atoms with Gasteiger partial charge in [0.1, 0.15) is 0 Å². The molecule has 0 atom stereocenters. The minimum Gasteiger partial charge on any atom is -0.371 e. The van der Waals surface area contributed by atoms with E-state index in [9.17, 15) is 4.79 Å². The highest BCUT2D eigenvalue weighted by molar-refractivity contribution is 5.91. The van der Waals surface area contributed by atoms with Crippen LogP contribution in [0, 0.1) is 5.92 Å². The van der Waals surface area contributed by atoms with Crippen molar-refractivity contribution < 1.29 is 0 Å². The minimum absolute atomic E-state index is 0.0579. The van der Waals surface area contributed by atoms with E-state index < -0.39 is 0 Å². The van der Waals surface area contributed by atoms with Gasteiger partial charge < -0.3 is 4.90 Å². The van der Waals surface area contributed by atoms with Gasteiger partial charge in [0, 0.05) is 48.4 Å². The fourth-order valence-corrected chi connectivity index (χ4v) is 3.96. The number of hydrogen-bond donors (Lipinski definition) is 0. The van der Waals surface area contributed by atoms with E-state index in [4.69, 9.17) is 0 Å². The summed E-state index contributed by atoms with van der Waals surface area (Å²) in [7, 11) is 0. The lowest BCUT2D eigenvalue weighted by atomic mass is 9.92. The van der Waals surface area contributed by atoms with Crippen molar-refractivity contribution in [3.05, 3.63) is 65.0 Å². The predicted octanol–water partition coefficient (Wildman–Crippen LogP) is 4.01. The van der Waals surface area contributed by atoms with Crippen molar-refractivity contribution in [3.63, 3.8) is 0 Å². The first-order chi connectivity index (χ1) is 13.4. The predicted molar refractivity (Wildman–Crippen MR) is 114 cm³/mol. The highest BCUT2D eigenvalue weighted by Gasteiger charge is 2.22. The number of para-hydroxylation sites is 1. The average molecular weight is 377 g/mol. The zero-order chi connectivity index (χ0) is 19.7. The molecule has 1 fully saturated rings. The molecule has 0 unspecified atom stereocenters. The smallest absolute Gasteiger partial charge is 0.253 e. The Morgan fingerprint density at radius 3 is 2.54 bits per heavy atom. The number of fused-ring (bicyclic) bond motifs is 1. The third kappa shape index (κ3) is 3.79. The maximum atomic E-state index is 12.5. The van der Waals surface area contributed by atoms with Gasteiger partial charge in [-0.15, -0.1) is 0 Å². The van der Waals surface area contributed by atoms with Gasteiger partial charge in [0.25, 0.3) is 5.56 Å². The molecule has 28 heavy (non-hydrogen) atoms. The Hall–Kier alpha value is -2.69. The van der Waals surface area contributed by atoms with E-state index in [2.05, 4.69) is 59.9 Å². The average Bonchev–Trinajstić information content (AvgIpc) is 2.69. The van der Waals surface area contributed by atoms with Crippen LogP contribution in [0.15, 0.2) is 53.7 Å². The van der Waals surface area contributed by atoms with Crippen LogP contribution >= 0.6 is 0 Å². The molecule has 0 bridgehead atoms. The van der Waals surface area contributed by atoms with Gasteiger partial charge in [0.2, 0.25) is 0 Å². The number of rotatable bonds is 3. The lowest BCUT2D eigenvalue weighted by Crippen LogP contribution is -2.36. The number of anilines is 1. The number of aromatic nitrogens is 3. The fraction of sp³-hybridized carbons (Fsp3) is 0.435. The zero-order valence-electron chi connectivity index (χ0n) is 16.9. The highest BCUT2D eigenvalue weighted by Crippen LogP contribution is 2.29. The number of piperidine rings is 1. The van der Waals surface area contributed by atoms with Crippen molar-refractivity contribution >= 4 is 16.6 Å². The third-order valence-electron chi connectivity index (χ3n) is 5.68. The standard InChI is InChI=1S/C23H28N4O/c1-23(2,3)21-14-22(28)27(16-25-21)15-17-9-12-26(13-10-17)20-8-11-24-19-7-5-4-6-18(19)20/h4-8,11,14,16-17H,9-10,12-13,15H2,1-3H3. The molecule has 0 N–H and O–H groups in total. The quantitative estimate of drug-likeness (QED) is 0.693. The third-order valence-corrected chi connectivity index (χ3v) is 5.68. The molecule has 2 aromatic heterocycles. The van der Waals surface area contributed by atoms with Gasteiger partial charge in [-0.25, -0.2) is 4.98 Å². The Balaban J connectivity index is 1.44. The van der Waals surface area contributed by atoms with E-state index in [-0.39, 0.29) is 11.0 Å². The van der Waals surface area contributed by atoms with E-state index in [1.807, 2.05) is 12.3 Å². The monoisotopic (exact) mass is 376 g/mol. The lowest BCUT2D eigenvalue weighted by Gasteiger charge is -2.34. The summed E-state index contributed by atoms with van der Waals surface area (Å²) in [5, 5.41) is 1.21. The topological polar surface area (TPSA) is 51.0 Å². The number of hydrogen-bond acceptors (Lipinski definition) is 4. The molecule has 1 aliphatic heterocycles. The maximum absolute atomic E-state index is 12.5. The summed E-state index contributed by atoms with van der Waals surface area (Å²) in [5.41, 5.74) is 3.11. The molecule has 0 saturated carbocycles. The Morgan fingerprint density at radius 1 is 1.07 bits per heavy atom. The van der Waals surface area contributed by atoms with Crippen LogP contribution in [0.5, 0.6) is 0 Å². The van der Waals surface area contributed by atoms with Crippen LogP contribution in [-0.4, -0.2) is 27.6 Å². The Bertz CT molecular complexity index is 1020. The fourth-order valence-electron chi connectivity index (χ4n) is 3.96. The van der Waals surface area contributed by atoms with Crippen molar-refractivity contribution in [1.82, 2.24) is 14.5 Å². The normalized spacial score (nSPS) is 15.9. The zero-order valence-corrected chi connectivity index (χ0v) is 16.9. The van der Waals surface area contributed by atoms with Crippen molar-refractivity contribution in [2.75, 3.05) is 18.0 Å². The van der Waals surface area contributed by atoms with E-state index in [1.165, 1.54) is 11.1 Å². The number of nitrogens with zero attached hydrogens (tertiary/aromatic N) is 4. The summed E-state index contributed by atoms with van der Waals surface area (Å²) in [6, 6.07) is 12.1.